The summed E-state index contributed by atoms with van der Waals surface area (Å²) in [6.07, 6.45) is 5.61. The van der Waals surface area contributed by atoms with Crippen molar-refractivity contribution >= 4 is 21.8 Å². The largest absolute Gasteiger partial charge is 0.339 e. The molecular weight excluding hydrogens is 297 g/mol. The van der Waals surface area contributed by atoms with E-state index >= 15 is 0 Å². The Hall–Kier alpha value is -0.900. The highest BCUT2D eigenvalue weighted by Crippen LogP contribution is 2.24. The van der Waals surface area contributed by atoms with Crippen LogP contribution >= 0.6 is 15.9 Å². The van der Waals surface area contributed by atoms with Crippen molar-refractivity contribution in [3.63, 3.8) is 0 Å². The van der Waals surface area contributed by atoms with Gasteiger partial charge in [-0.2, -0.15) is 0 Å². The number of nitrogens with zero attached hydrogens (tertiary/aromatic N) is 1. The molecule has 0 N–H and O–H groups in total. The molecule has 98 valence electrons. The predicted octanol–water partition coefficient (Wildman–Crippen LogP) is 3.99. The first-order chi connectivity index (χ1) is 8.59. The third-order valence-electron chi connectivity index (χ3n) is 3.60. The van der Waals surface area contributed by atoms with Gasteiger partial charge < -0.3 is 4.90 Å². The Labute approximate surface area is 115 Å². The maximum Gasteiger partial charge on any atom is 0.256 e. The highest BCUT2D eigenvalue weighted by atomic mass is 79.9. The van der Waals surface area contributed by atoms with Crippen molar-refractivity contribution < 1.29 is 9.18 Å². The van der Waals surface area contributed by atoms with Crippen LogP contribution in [0.5, 0.6) is 0 Å². The van der Waals surface area contributed by atoms with E-state index in [1.807, 2.05) is 0 Å². The van der Waals surface area contributed by atoms with E-state index in [9.17, 15) is 9.18 Å². The number of hydrogen-bond donors (Lipinski definition) is 0. The van der Waals surface area contributed by atoms with Gasteiger partial charge in [-0.25, -0.2) is 4.39 Å². The fourth-order valence-electron chi connectivity index (χ4n) is 2.49. The molecule has 18 heavy (non-hydrogen) atoms. The minimum absolute atomic E-state index is 0.159. The van der Waals surface area contributed by atoms with Gasteiger partial charge in [0.2, 0.25) is 0 Å². The molecule has 0 aliphatic heterocycles. The van der Waals surface area contributed by atoms with Gasteiger partial charge >= 0.3 is 0 Å². The minimum atomic E-state index is -0.461. The Morgan fingerprint density at radius 3 is 2.61 bits per heavy atom. The van der Waals surface area contributed by atoms with E-state index in [2.05, 4.69) is 15.9 Å². The van der Waals surface area contributed by atoms with Crippen molar-refractivity contribution in [1.29, 1.82) is 0 Å². The first-order valence-electron chi connectivity index (χ1n) is 6.32. The lowest BCUT2D eigenvalue weighted by Gasteiger charge is -2.31. The molecule has 0 radical (unpaired) electrons. The number of hydrogen-bond acceptors (Lipinski definition) is 1. The van der Waals surface area contributed by atoms with Gasteiger partial charge in [0.05, 0.1) is 5.56 Å². The van der Waals surface area contributed by atoms with Crippen molar-refractivity contribution in [2.24, 2.45) is 0 Å². The fraction of sp³-hybridized carbons (Fsp3) is 0.500. The van der Waals surface area contributed by atoms with E-state index in [0.717, 1.165) is 25.7 Å². The van der Waals surface area contributed by atoms with Crippen LogP contribution in [-0.4, -0.2) is 23.9 Å². The van der Waals surface area contributed by atoms with Crippen LogP contribution in [0.4, 0.5) is 4.39 Å². The lowest BCUT2D eigenvalue weighted by Crippen LogP contribution is -2.38. The number of halogens is 2. The van der Waals surface area contributed by atoms with Gasteiger partial charge in [0.15, 0.2) is 0 Å². The topological polar surface area (TPSA) is 20.3 Å². The van der Waals surface area contributed by atoms with Crippen LogP contribution < -0.4 is 0 Å². The van der Waals surface area contributed by atoms with Gasteiger partial charge in [-0.05, 0) is 31.0 Å². The van der Waals surface area contributed by atoms with Gasteiger partial charge in [-0.3, -0.25) is 4.79 Å². The molecular formula is C14H17BrFNO. The highest BCUT2D eigenvalue weighted by Gasteiger charge is 2.24. The van der Waals surface area contributed by atoms with Crippen molar-refractivity contribution in [3.8, 4) is 0 Å². The quantitative estimate of drug-likeness (QED) is 0.808. The summed E-state index contributed by atoms with van der Waals surface area (Å²) >= 11 is 3.19. The smallest absolute Gasteiger partial charge is 0.256 e. The molecule has 2 nitrogen and oxygen atoms in total. The normalized spacial score (nSPS) is 16.6. The zero-order valence-electron chi connectivity index (χ0n) is 10.5. The Morgan fingerprint density at radius 1 is 1.33 bits per heavy atom. The van der Waals surface area contributed by atoms with E-state index < -0.39 is 5.82 Å². The Balaban J connectivity index is 2.14. The molecule has 1 aromatic rings. The van der Waals surface area contributed by atoms with Crippen molar-refractivity contribution in [1.82, 2.24) is 4.90 Å². The average Bonchev–Trinajstić information content (AvgIpc) is 2.38. The standard InChI is InChI=1S/C14H17BrFNO/c1-17(11-5-3-2-4-6-11)14(18)12-8-7-10(15)9-13(12)16/h7-9,11H,2-6H2,1H3. The van der Waals surface area contributed by atoms with Gasteiger partial charge in [0.25, 0.3) is 5.91 Å². The number of benzene rings is 1. The predicted molar refractivity (Wildman–Crippen MR) is 73.1 cm³/mol. The average molecular weight is 314 g/mol. The van der Waals surface area contributed by atoms with Crippen LogP contribution in [-0.2, 0) is 0 Å². The summed E-state index contributed by atoms with van der Waals surface area (Å²) in [6, 6.07) is 4.84. The number of carbonyl (C=O) groups is 1. The van der Waals surface area contributed by atoms with E-state index in [1.165, 1.54) is 12.5 Å². The molecule has 1 amide bonds. The fourth-order valence-corrected chi connectivity index (χ4v) is 2.82. The van der Waals surface area contributed by atoms with E-state index in [4.69, 9.17) is 0 Å². The van der Waals surface area contributed by atoms with E-state index in [0.29, 0.717) is 4.47 Å². The second-order valence-corrected chi connectivity index (χ2v) is 5.75. The lowest BCUT2D eigenvalue weighted by molar-refractivity contribution is 0.0691. The Bertz CT molecular complexity index is 443. The van der Waals surface area contributed by atoms with Gasteiger partial charge in [0.1, 0.15) is 5.82 Å². The molecule has 0 heterocycles. The first kappa shape index (κ1) is 13.5. The van der Waals surface area contributed by atoms with Crippen LogP contribution in [0.2, 0.25) is 0 Å². The molecule has 0 unspecified atom stereocenters. The minimum Gasteiger partial charge on any atom is -0.339 e. The van der Waals surface area contributed by atoms with Crippen LogP contribution in [0.3, 0.4) is 0 Å². The van der Waals surface area contributed by atoms with E-state index in [1.54, 1.807) is 24.1 Å². The van der Waals surface area contributed by atoms with Gasteiger partial charge in [-0.15, -0.1) is 0 Å². The molecule has 2 rings (SSSR count). The lowest BCUT2D eigenvalue weighted by atomic mass is 9.94. The molecule has 0 spiro atoms. The third kappa shape index (κ3) is 2.91. The summed E-state index contributed by atoms with van der Waals surface area (Å²) in [4.78, 5) is 13.9. The second kappa shape index (κ2) is 5.83. The maximum atomic E-state index is 13.8. The summed E-state index contributed by atoms with van der Waals surface area (Å²) in [6.45, 7) is 0. The van der Waals surface area contributed by atoms with Gasteiger partial charge in [0, 0.05) is 17.6 Å². The van der Waals surface area contributed by atoms with Crippen LogP contribution in [0.1, 0.15) is 42.5 Å². The zero-order chi connectivity index (χ0) is 13.1. The number of rotatable bonds is 2. The van der Waals surface area contributed by atoms with Crippen molar-refractivity contribution in [2.45, 2.75) is 38.1 Å². The monoisotopic (exact) mass is 313 g/mol. The molecule has 1 aliphatic carbocycles. The Kier molecular flexibility index (Phi) is 4.38. The van der Waals surface area contributed by atoms with Crippen molar-refractivity contribution in [2.75, 3.05) is 7.05 Å². The summed E-state index contributed by atoms with van der Waals surface area (Å²) in [7, 11) is 1.78. The molecule has 1 aliphatic rings. The first-order valence-corrected chi connectivity index (χ1v) is 7.11. The molecule has 1 aromatic carbocycles. The summed E-state index contributed by atoms with van der Waals surface area (Å²) in [5.74, 6) is -0.677. The maximum absolute atomic E-state index is 13.8. The number of carbonyl (C=O) groups excluding carboxylic acids is 1. The van der Waals surface area contributed by atoms with E-state index in [-0.39, 0.29) is 17.5 Å². The summed E-state index contributed by atoms with van der Waals surface area (Å²) < 4.78 is 14.4. The van der Waals surface area contributed by atoms with Gasteiger partial charge in [-0.1, -0.05) is 35.2 Å². The summed E-state index contributed by atoms with van der Waals surface area (Å²) in [5, 5.41) is 0. The molecule has 1 saturated carbocycles. The molecule has 1 fully saturated rings. The molecule has 0 aromatic heterocycles. The zero-order valence-corrected chi connectivity index (χ0v) is 12.0. The van der Waals surface area contributed by atoms with Crippen LogP contribution in [0.25, 0.3) is 0 Å². The van der Waals surface area contributed by atoms with Crippen molar-refractivity contribution in [3.05, 3.63) is 34.1 Å². The molecule has 0 saturated heterocycles. The second-order valence-electron chi connectivity index (χ2n) is 4.83. The highest BCUT2D eigenvalue weighted by molar-refractivity contribution is 9.10. The van der Waals surface area contributed by atoms with Crippen LogP contribution in [0.15, 0.2) is 22.7 Å². The van der Waals surface area contributed by atoms with Crippen LogP contribution in [0, 0.1) is 5.82 Å². The molecule has 0 atom stereocenters. The Morgan fingerprint density at radius 2 is 2.00 bits per heavy atom. The third-order valence-corrected chi connectivity index (χ3v) is 4.10. The summed E-state index contributed by atoms with van der Waals surface area (Å²) in [5.41, 5.74) is 0.159. The molecule has 4 heteroatoms. The number of amides is 1. The molecule has 0 bridgehead atoms. The SMILES string of the molecule is CN(C(=O)c1ccc(Br)cc1F)C1CCCCC1.